The predicted octanol–water partition coefficient (Wildman–Crippen LogP) is 2.89. The summed E-state index contributed by atoms with van der Waals surface area (Å²) >= 11 is 0. The molecule has 9 heteroatoms. The molecule has 1 N–H and O–H groups in total. The van der Waals surface area contributed by atoms with E-state index in [0.717, 1.165) is 11.1 Å². The summed E-state index contributed by atoms with van der Waals surface area (Å²) in [5.41, 5.74) is 2.01. The molecule has 0 atom stereocenters. The summed E-state index contributed by atoms with van der Waals surface area (Å²) in [6.07, 6.45) is 0.801. The number of nitro groups is 2. The second-order valence-corrected chi connectivity index (χ2v) is 5.43. The Morgan fingerprint density at radius 1 is 0.852 bits per heavy atom. The smallest absolute Gasteiger partial charge is 0.269 e. The number of hydrogen-bond donors (Lipinski definition) is 1. The molecule has 0 aromatic heterocycles. The SMILES string of the molecule is COC(Cc1ccc([N+](=O)[O-])cc1)OC.O=[N+]([O-])c1ccc(CCO)cc1. The van der Waals surface area contributed by atoms with Gasteiger partial charge in [0.05, 0.1) is 9.85 Å². The van der Waals surface area contributed by atoms with Crippen molar-refractivity contribution in [2.45, 2.75) is 19.1 Å². The minimum Gasteiger partial charge on any atom is -0.396 e. The van der Waals surface area contributed by atoms with E-state index in [1.807, 2.05) is 0 Å². The minimum atomic E-state index is -0.442. The number of methoxy groups -OCH3 is 2. The number of aliphatic hydroxyl groups is 1. The molecular formula is C18H22N2O7. The summed E-state index contributed by atoms with van der Waals surface area (Å²) in [5, 5.41) is 29.2. The Morgan fingerprint density at radius 2 is 1.26 bits per heavy atom. The molecule has 2 aromatic carbocycles. The van der Waals surface area contributed by atoms with Crippen molar-refractivity contribution in [2.75, 3.05) is 20.8 Å². The maximum atomic E-state index is 10.4. The van der Waals surface area contributed by atoms with Gasteiger partial charge in [0.1, 0.15) is 0 Å². The van der Waals surface area contributed by atoms with Gasteiger partial charge in [-0.05, 0) is 17.5 Å². The van der Waals surface area contributed by atoms with E-state index in [4.69, 9.17) is 14.6 Å². The number of nitro benzene ring substituents is 2. The highest BCUT2D eigenvalue weighted by Crippen LogP contribution is 2.14. The van der Waals surface area contributed by atoms with Crippen molar-refractivity contribution in [1.29, 1.82) is 0 Å². The molecule has 2 rings (SSSR count). The molecule has 0 heterocycles. The molecule has 0 aliphatic heterocycles. The molecule has 0 radical (unpaired) electrons. The minimum absolute atomic E-state index is 0.0673. The van der Waals surface area contributed by atoms with Gasteiger partial charge in [-0.15, -0.1) is 0 Å². The monoisotopic (exact) mass is 378 g/mol. The van der Waals surface area contributed by atoms with Crippen molar-refractivity contribution < 1.29 is 24.4 Å². The van der Waals surface area contributed by atoms with E-state index in [-0.39, 0.29) is 24.3 Å². The summed E-state index contributed by atoms with van der Waals surface area (Å²) in [4.78, 5) is 19.8. The molecule has 0 saturated heterocycles. The molecule has 9 nitrogen and oxygen atoms in total. The van der Waals surface area contributed by atoms with Crippen molar-refractivity contribution in [3.05, 3.63) is 79.9 Å². The van der Waals surface area contributed by atoms with Gasteiger partial charge in [-0.25, -0.2) is 0 Å². The Balaban J connectivity index is 0.000000277. The summed E-state index contributed by atoms with van der Waals surface area (Å²) < 4.78 is 10.0. The quantitative estimate of drug-likeness (QED) is 0.425. The van der Waals surface area contributed by atoms with E-state index >= 15 is 0 Å². The summed E-state index contributed by atoms with van der Waals surface area (Å²) in [7, 11) is 3.11. The van der Waals surface area contributed by atoms with E-state index < -0.39 is 9.85 Å². The summed E-state index contributed by atoms with van der Waals surface area (Å²) in [6, 6.07) is 12.5. The van der Waals surface area contributed by atoms with Gasteiger partial charge in [-0.2, -0.15) is 0 Å². The lowest BCUT2D eigenvalue weighted by Gasteiger charge is -2.12. The highest BCUT2D eigenvalue weighted by Gasteiger charge is 2.08. The standard InChI is InChI=1S/C10H13NO4.C8H9NO3/c1-14-10(15-2)7-8-3-5-9(6-4-8)11(12)13;10-6-5-7-1-3-8(4-2-7)9(11)12/h3-6,10H,7H2,1-2H3;1-4,10H,5-6H2. The van der Waals surface area contributed by atoms with Gasteiger partial charge in [-0.1, -0.05) is 24.3 Å². The Hall–Kier alpha value is -2.88. The molecule has 146 valence electrons. The van der Waals surface area contributed by atoms with E-state index in [9.17, 15) is 20.2 Å². The Morgan fingerprint density at radius 3 is 1.59 bits per heavy atom. The molecule has 0 fully saturated rings. The first-order valence-corrected chi connectivity index (χ1v) is 8.04. The zero-order valence-electron chi connectivity index (χ0n) is 15.1. The van der Waals surface area contributed by atoms with Crippen LogP contribution in [0.15, 0.2) is 48.5 Å². The van der Waals surface area contributed by atoms with Gasteiger partial charge < -0.3 is 14.6 Å². The summed E-state index contributed by atoms with van der Waals surface area (Å²) in [6.45, 7) is 0.0673. The summed E-state index contributed by atoms with van der Waals surface area (Å²) in [5.74, 6) is 0. The van der Waals surface area contributed by atoms with Gasteiger partial charge in [0, 0.05) is 51.5 Å². The highest BCUT2D eigenvalue weighted by atomic mass is 16.7. The third-order valence-corrected chi connectivity index (χ3v) is 3.62. The third-order valence-electron chi connectivity index (χ3n) is 3.62. The van der Waals surface area contributed by atoms with E-state index in [1.165, 1.54) is 24.3 Å². The van der Waals surface area contributed by atoms with Gasteiger partial charge >= 0.3 is 0 Å². The fraction of sp³-hybridized carbons (Fsp3) is 0.333. The Kier molecular flexibility index (Phi) is 9.59. The Labute approximate surface area is 156 Å². The predicted molar refractivity (Wildman–Crippen MR) is 98.5 cm³/mol. The first kappa shape index (κ1) is 22.2. The van der Waals surface area contributed by atoms with Crippen molar-refractivity contribution in [3.8, 4) is 0 Å². The molecular weight excluding hydrogens is 356 g/mol. The van der Waals surface area contributed by atoms with Crippen LogP contribution >= 0.6 is 0 Å². The fourth-order valence-corrected chi connectivity index (χ4v) is 2.12. The number of ether oxygens (including phenoxy) is 2. The topological polar surface area (TPSA) is 125 Å². The van der Waals surface area contributed by atoms with Crippen LogP contribution in [-0.2, 0) is 22.3 Å². The third kappa shape index (κ3) is 7.90. The lowest BCUT2D eigenvalue weighted by atomic mass is 10.1. The first-order valence-electron chi connectivity index (χ1n) is 8.04. The van der Waals surface area contributed by atoms with E-state index in [2.05, 4.69) is 0 Å². The number of nitrogens with zero attached hydrogens (tertiary/aromatic N) is 2. The molecule has 2 aromatic rings. The number of non-ortho nitro benzene ring substituents is 2. The van der Waals surface area contributed by atoms with E-state index in [1.54, 1.807) is 38.5 Å². The average Bonchev–Trinajstić information content (AvgIpc) is 2.67. The molecule has 0 aliphatic rings. The fourth-order valence-electron chi connectivity index (χ4n) is 2.12. The van der Waals surface area contributed by atoms with Crippen LogP contribution < -0.4 is 0 Å². The van der Waals surface area contributed by atoms with Crippen LogP contribution in [-0.4, -0.2) is 42.1 Å². The molecule has 0 spiro atoms. The Bertz CT molecular complexity index is 713. The number of aliphatic hydroxyl groups excluding tert-OH is 1. The zero-order chi connectivity index (χ0) is 20.2. The highest BCUT2D eigenvalue weighted by molar-refractivity contribution is 5.33. The molecule has 0 bridgehead atoms. The number of rotatable bonds is 8. The number of hydrogen-bond acceptors (Lipinski definition) is 7. The van der Waals surface area contributed by atoms with Crippen LogP contribution in [0.2, 0.25) is 0 Å². The van der Waals surface area contributed by atoms with Gasteiger partial charge in [0.2, 0.25) is 0 Å². The zero-order valence-corrected chi connectivity index (χ0v) is 15.1. The van der Waals surface area contributed by atoms with Crippen molar-refractivity contribution in [3.63, 3.8) is 0 Å². The first-order chi connectivity index (χ1) is 12.9. The lowest BCUT2D eigenvalue weighted by molar-refractivity contribution is -0.385. The van der Waals surface area contributed by atoms with Crippen LogP contribution in [0.25, 0.3) is 0 Å². The maximum absolute atomic E-state index is 10.4. The van der Waals surface area contributed by atoms with Crippen molar-refractivity contribution in [2.24, 2.45) is 0 Å². The van der Waals surface area contributed by atoms with E-state index in [0.29, 0.717) is 12.8 Å². The van der Waals surface area contributed by atoms with Crippen molar-refractivity contribution >= 4 is 11.4 Å². The van der Waals surface area contributed by atoms with Crippen molar-refractivity contribution in [1.82, 2.24) is 0 Å². The second kappa shape index (κ2) is 11.7. The van der Waals surface area contributed by atoms with Crippen LogP contribution in [0.1, 0.15) is 11.1 Å². The van der Waals surface area contributed by atoms with Crippen LogP contribution in [0.5, 0.6) is 0 Å². The van der Waals surface area contributed by atoms with Gasteiger partial charge in [0.15, 0.2) is 6.29 Å². The maximum Gasteiger partial charge on any atom is 0.269 e. The largest absolute Gasteiger partial charge is 0.396 e. The lowest BCUT2D eigenvalue weighted by Crippen LogP contribution is -2.15. The van der Waals surface area contributed by atoms with Gasteiger partial charge in [0.25, 0.3) is 11.4 Å². The van der Waals surface area contributed by atoms with Crippen LogP contribution in [0.3, 0.4) is 0 Å². The number of benzene rings is 2. The van der Waals surface area contributed by atoms with Gasteiger partial charge in [-0.3, -0.25) is 20.2 Å². The molecule has 0 amide bonds. The molecule has 0 aliphatic carbocycles. The molecule has 0 unspecified atom stereocenters. The second-order valence-electron chi connectivity index (χ2n) is 5.43. The van der Waals surface area contributed by atoms with Crippen LogP contribution in [0, 0.1) is 20.2 Å². The molecule has 0 saturated carbocycles. The average molecular weight is 378 g/mol. The normalized spacial score (nSPS) is 10.2. The molecule has 27 heavy (non-hydrogen) atoms. The van der Waals surface area contributed by atoms with Crippen LogP contribution in [0.4, 0.5) is 11.4 Å².